The lowest BCUT2D eigenvalue weighted by Gasteiger charge is -2.14. The zero-order valence-electron chi connectivity index (χ0n) is 20.8. The van der Waals surface area contributed by atoms with Crippen molar-refractivity contribution in [2.75, 3.05) is 12.4 Å². The molecule has 0 saturated heterocycles. The summed E-state index contributed by atoms with van der Waals surface area (Å²) in [6.45, 7) is 0.819. The molecule has 1 amide bonds. The van der Waals surface area contributed by atoms with Crippen LogP contribution < -0.4 is 20.1 Å². The first-order valence-corrected chi connectivity index (χ1v) is 11.5. The van der Waals surface area contributed by atoms with Crippen molar-refractivity contribution in [1.29, 1.82) is 0 Å². The molecule has 4 aromatic heterocycles. The van der Waals surface area contributed by atoms with E-state index in [1.165, 1.54) is 39.8 Å². The van der Waals surface area contributed by atoms with Crippen molar-refractivity contribution in [1.82, 2.24) is 34.7 Å². The van der Waals surface area contributed by atoms with E-state index in [0.29, 0.717) is 28.4 Å². The predicted octanol–water partition coefficient (Wildman–Crippen LogP) is 4.36. The number of rotatable bonds is 9. The minimum absolute atomic E-state index is 0.153. The summed E-state index contributed by atoms with van der Waals surface area (Å²) < 4.78 is 40.2. The van der Waals surface area contributed by atoms with Gasteiger partial charge in [0.05, 0.1) is 23.6 Å². The van der Waals surface area contributed by atoms with Crippen molar-refractivity contribution in [3.63, 3.8) is 0 Å². The van der Waals surface area contributed by atoms with Gasteiger partial charge in [-0.3, -0.25) is 14.5 Å². The van der Waals surface area contributed by atoms with Gasteiger partial charge in [0.2, 0.25) is 0 Å². The lowest BCUT2D eigenvalue weighted by atomic mass is 10.1. The van der Waals surface area contributed by atoms with E-state index in [1.54, 1.807) is 51.0 Å². The number of alkyl halides is 2. The molecule has 1 aromatic carbocycles. The van der Waals surface area contributed by atoms with Gasteiger partial charge in [-0.05, 0) is 30.3 Å². The number of halogens is 2. The summed E-state index contributed by atoms with van der Waals surface area (Å²) in [4.78, 5) is 21.5. The van der Waals surface area contributed by atoms with E-state index in [1.807, 2.05) is 0 Å². The summed E-state index contributed by atoms with van der Waals surface area (Å²) in [5.74, 6) is 0.0388. The van der Waals surface area contributed by atoms with Crippen molar-refractivity contribution in [3.05, 3.63) is 85.2 Å². The number of carbonyl (C=O) groups is 1. The van der Waals surface area contributed by atoms with E-state index < -0.39 is 12.5 Å². The predicted molar refractivity (Wildman–Crippen MR) is 139 cm³/mol. The van der Waals surface area contributed by atoms with Crippen molar-refractivity contribution in [2.24, 2.45) is 7.05 Å². The fourth-order valence-corrected chi connectivity index (χ4v) is 3.83. The average Bonchev–Trinajstić information content (AvgIpc) is 3.52. The third-order valence-corrected chi connectivity index (χ3v) is 5.62. The van der Waals surface area contributed by atoms with Crippen LogP contribution >= 0.6 is 0 Å². The normalized spacial score (nSPS) is 11.0. The first-order chi connectivity index (χ1) is 18.8. The Bertz CT molecular complexity index is 1680. The van der Waals surface area contributed by atoms with E-state index in [0.717, 1.165) is 0 Å². The van der Waals surface area contributed by atoms with Crippen molar-refractivity contribution in [2.45, 2.75) is 6.61 Å². The smallest absolute Gasteiger partial charge is 0.387 e. The number of hydrogen-bond acceptors (Lipinski definition) is 8. The number of aromatic nitrogens is 6. The number of amides is 1. The summed E-state index contributed by atoms with van der Waals surface area (Å²) in [5, 5.41) is 14.2. The van der Waals surface area contributed by atoms with Gasteiger partial charge in [0, 0.05) is 50.1 Å². The second kappa shape index (κ2) is 10.6. The topological polar surface area (TPSA) is 120 Å². The highest BCUT2D eigenvalue weighted by Crippen LogP contribution is 2.38. The maximum atomic E-state index is 13.3. The van der Waals surface area contributed by atoms with Gasteiger partial charge in [-0.15, -0.1) is 0 Å². The standard InChI is InChI=1S/C26H22F2N8O3/c1-15(29-2)16-9-18(12-30-11-16)38-17-5-6-22(39-26(27)28)19(10-17)23-21(14-35(3)34-23)33-25(37)20-13-32-36-8-4-7-31-24(20)36/h4-14,26,29H,1H2,2-3H3,(H,33,37). The molecule has 0 aliphatic rings. The molecule has 0 aliphatic carbocycles. The van der Waals surface area contributed by atoms with Crippen LogP contribution in [0.2, 0.25) is 0 Å². The number of anilines is 1. The highest BCUT2D eigenvalue weighted by molar-refractivity contribution is 6.09. The number of carbonyl (C=O) groups excluding carboxylic acids is 1. The van der Waals surface area contributed by atoms with E-state index >= 15 is 0 Å². The number of nitrogens with one attached hydrogen (secondary N) is 2. The van der Waals surface area contributed by atoms with Crippen LogP contribution in [0.15, 0.2) is 74.1 Å². The first kappa shape index (κ1) is 25.3. The first-order valence-electron chi connectivity index (χ1n) is 11.5. The lowest BCUT2D eigenvalue weighted by Crippen LogP contribution is -2.12. The Labute approximate surface area is 220 Å². The van der Waals surface area contributed by atoms with Gasteiger partial charge in [0.25, 0.3) is 5.91 Å². The second-order valence-electron chi connectivity index (χ2n) is 8.24. The number of nitrogens with zero attached hydrogens (tertiary/aromatic N) is 6. The maximum Gasteiger partial charge on any atom is 0.387 e. The highest BCUT2D eigenvalue weighted by Gasteiger charge is 2.22. The molecule has 5 aromatic rings. The molecule has 2 N–H and O–H groups in total. The number of hydrogen-bond donors (Lipinski definition) is 2. The highest BCUT2D eigenvalue weighted by atomic mass is 19.3. The largest absolute Gasteiger partial charge is 0.456 e. The average molecular weight is 533 g/mol. The Morgan fingerprint density at radius 2 is 2.00 bits per heavy atom. The number of pyridine rings is 1. The molecule has 11 nitrogen and oxygen atoms in total. The molecule has 198 valence electrons. The van der Waals surface area contributed by atoms with E-state index in [9.17, 15) is 13.6 Å². The number of ether oxygens (including phenoxy) is 2. The third kappa shape index (κ3) is 5.37. The van der Waals surface area contributed by atoms with Gasteiger partial charge < -0.3 is 20.1 Å². The van der Waals surface area contributed by atoms with E-state index in [4.69, 9.17) is 9.47 Å². The van der Waals surface area contributed by atoms with Crippen molar-refractivity contribution < 1.29 is 23.0 Å². The van der Waals surface area contributed by atoms with E-state index in [2.05, 4.69) is 37.4 Å². The molecule has 4 heterocycles. The Morgan fingerprint density at radius 3 is 2.79 bits per heavy atom. The Morgan fingerprint density at radius 1 is 1.15 bits per heavy atom. The van der Waals surface area contributed by atoms with E-state index in [-0.39, 0.29) is 28.3 Å². The van der Waals surface area contributed by atoms with Crippen LogP contribution in [-0.2, 0) is 7.05 Å². The summed E-state index contributed by atoms with van der Waals surface area (Å²) >= 11 is 0. The quantitative estimate of drug-likeness (QED) is 0.287. The molecule has 0 saturated carbocycles. The molecule has 0 spiro atoms. The second-order valence-corrected chi connectivity index (χ2v) is 8.24. The molecule has 0 unspecified atom stereocenters. The molecule has 39 heavy (non-hydrogen) atoms. The van der Waals surface area contributed by atoms with Crippen LogP contribution in [-0.4, -0.2) is 48.9 Å². The Hall–Kier alpha value is -5.33. The van der Waals surface area contributed by atoms with Crippen LogP contribution in [0.25, 0.3) is 22.6 Å². The minimum atomic E-state index is -3.09. The van der Waals surface area contributed by atoms with Crippen molar-refractivity contribution >= 4 is 22.9 Å². The summed E-state index contributed by atoms with van der Waals surface area (Å²) in [6.07, 6.45) is 9.27. The zero-order valence-corrected chi connectivity index (χ0v) is 20.8. The van der Waals surface area contributed by atoms with Gasteiger partial charge in [0.1, 0.15) is 28.5 Å². The monoisotopic (exact) mass is 532 g/mol. The molecule has 0 bridgehead atoms. The van der Waals surface area contributed by atoms with Gasteiger partial charge in [-0.2, -0.15) is 19.0 Å². The fraction of sp³-hybridized carbons (Fsp3) is 0.115. The molecule has 0 radical (unpaired) electrons. The van der Waals surface area contributed by atoms with Gasteiger partial charge in [-0.25, -0.2) is 9.50 Å². The third-order valence-electron chi connectivity index (χ3n) is 5.62. The van der Waals surface area contributed by atoms with Crippen molar-refractivity contribution in [3.8, 4) is 28.5 Å². The maximum absolute atomic E-state index is 13.3. The minimum Gasteiger partial charge on any atom is -0.456 e. The van der Waals surface area contributed by atoms with Crippen LogP contribution in [0.3, 0.4) is 0 Å². The van der Waals surface area contributed by atoms with Gasteiger partial charge >= 0.3 is 6.61 Å². The summed E-state index contributed by atoms with van der Waals surface area (Å²) in [6, 6.07) is 7.73. The van der Waals surface area contributed by atoms with Crippen LogP contribution in [0.4, 0.5) is 14.5 Å². The zero-order chi connectivity index (χ0) is 27.5. The number of aryl methyl sites for hydroxylation is 1. The molecule has 0 aliphatic heterocycles. The molecule has 0 fully saturated rings. The number of fused-ring (bicyclic) bond motifs is 1. The fourth-order valence-electron chi connectivity index (χ4n) is 3.83. The van der Waals surface area contributed by atoms with Crippen LogP contribution in [0.5, 0.6) is 17.2 Å². The number of benzene rings is 1. The molecule has 13 heteroatoms. The molecule has 5 rings (SSSR count). The van der Waals surface area contributed by atoms with Gasteiger partial charge in [-0.1, -0.05) is 6.58 Å². The van der Waals surface area contributed by atoms with Crippen LogP contribution in [0, 0.1) is 0 Å². The summed E-state index contributed by atoms with van der Waals surface area (Å²) in [5.41, 5.74) is 2.55. The lowest BCUT2D eigenvalue weighted by molar-refractivity contribution is -0.0494. The van der Waals surface area contributed by atoms with Gasteiger partial charge in [0.15, 0.2) is 5.65 Å². The molecular weight excluding hydrogens is 510 g/mol. The Balaban J connectivity index is 1.50. The summed E-state index contributed by atoms with van der Waals surface area (Å²) in [7, 11) is 3.37. The SMILES string of the molecule is C=C(NC)c1cncc(Oc2ccc(OC(F)F)c(-c3nn(C)cc3NC(=O)c3cnn4cccnc34)c2)c1. The molecule has 0 atom stereocenters. The Kier molecular flexibility index (Phi) is 6.87. The molecular formula is C26H22F2N8O3. The van der Waals surface area contributed by atoms with Crippen LogP contribution in [0.1, 0.15) is 15.9 Å².